The summed E-state index contributed by atoms with van der Waals surface area (Å²) in [6.07, 6.45) is 2.72. The molecule has 0 aromatic heterocycles. The molecule has 0 aliphatic carbocycles. The minimum absolute atomic E-state index is 0.0649. The van der Waals surface area contributed by atoms with E-state index in [-0.39, 0.29) is 16.6 Å². The highest BCUT2D eigenvalue weighted by Crippen LogP contribution is 2.31. The Bertz CT molecular complexity index is 952. The standard InChI is InChI=1S/C21H26N2O5S/c1-27-15-16-6-8-17(9-7-16)21(24)22-18-10-11-19(28-2)20(14-18)29(25,26)23-12-4-3-5-13-23/h6-11,14H,3-5,12-13,15H2,1-2H3,(H,22,24). The third-order valence-electron chi connectivity index (χ3n) is 4.88. The molecular formula is C21H26N2O5S. The van der Waals surface area contributed by atoms with Crippen molar-refractivity contribution < 1.29 is 22.7 Å². The van der Waals surface area contributed by atoms with Crippen molar-refractivity contribution >= 4 is 21.6 Å². The number of rotatable bonds is 7. The molecule has 1 heterocycles. The molecule has 8 heteroatoms. The second-order valence-corrected chi connectivity index (χ2v) is 8.82. The summed E-state index contributed by atoms with van der Waals surface area (Å²) in [5.41, 5.74) is 1.83. The minimum Gasteiger partial charge on any atom is -0.495 e. The van der Waals surface area contributed by atoms with Crippen LogP contribution in [0.5, 0.6) is 5.75 Å². The van der Waals surface area contributed by atoms with Crippen LogP contribution in [0.3, 0.4) is 0 Å². The average Bonchev–Trinajstić information content (AvgIpc) is 2.75. The molecule has 0 spiro atoms. The van der Waals surface area contributed by atoms with Crippen LogP contribution >= 0.6 is 0 Å². The number of piperidine rings is 1. The molecule has 2 aromatic carbocycles. The van der Waals surface area contributed by atoms with Crippen molar-refractivity contribution in [3.05, 3.63) is 53.6 Å². The van der Waals surface area contributed by atoms with Gasteiger partial charge >= 0.3 is 0 Å². The van der Waals surface area contributed by atoms with Gasteiger partial charge in [-0.1, -0.05) is 18.6 Å². The normalized spacial score (nSPS) is 15.1. The zero-order valence-corrected chi connectivity index (χ0v) is 17.5. The van der Waals surface area contributed by atoms with Crippen molar-refractivity contribution in [1.82, 2.24) is 4.31 Å². The first kappa shape index (κ1) is 21.3. The van der Waals surface area contributed by atoms with Crippen molar-refractivity contribution in [3.8, 4) is 5.75 Å². The summed E-state index contributed by atoms with van der Waals surface area (Å²) in [5.74, 6) is -0.0575. The minimum atomic E-state index is -3.70. The van der Waals surface area contributed by atoms with E-state index < -0.39 is 10.0 Å². The number of hydrogen-bond acceptors (Lipinski definition) is 5. The molecule has 2 aromatic rings. The second-order valence-electron chi connectivity index (χ2n) is 6.91. The lowest BCUT2D eigenvalue weighted by atomic mass is 10.1. The Kier molecular flexibility index (Phi) is 6.89. The molecule has 0 radical (unpaired) electrons. The lowest BCUT2D eigenvalue weighted by Crippen LogP contribution is -2.35. The van der Waals surface area contributed by atoms with Gasteiger partial charge in [0.05, 0.1) is 13.7 Å². The van der Waals surface area contributed by atoms with Crippen LogP contribution in [0.2, 0.25) is 0 Å². The van der Waals surface area contributed by atoms with E-state index in [1.54, 1.807) is 31.4 Å². The van der Waals surface area contributed by atoms with E-state index in [1.165, 1.54) is 17.5 Å². The van der Waals surface area contributed by atoms with Gasteiger partial charge in [0.25, 0.3) is 5.91 Å². The van der Waals surface area contributed by atoms with E-state index in [1.807, 2.05) is 12.1 Å². The van der Waals surface area contributed by atoms with Gasteiger partial charge in [-0.25, -0.2) is 8.42 Å². The van der Waals surface area contributed by atoms with Gasteiger partial charge in [0.2, 0.25) is 10.0 Å². The smallest absolute Gasteiger partial charge is 0.255 e. The summed E-state index contributed by atoms with van der Waals surface area (Å²) >= 11 is 0. The highest BCUT2D eigenvalue weighted by molar-refractivity contribution is 7.89. The van der Waals surface area contributed by atoms with Gasteiger partial charge in [-0.2, -0.15) is 4.31 Å². The summed E-state index contributed by atoms with van der Waals surface area (Å²) in [6, 6.07) is 11.7. The van der Waals surface area contributed by atoms with Gasteiger partial charge in [0.15, 0.2) is 0 Å². The van der Waals surface area contributed by atoms with Crippen molar-refractivity contribution in [2.75, 3.05) is 32.6 Å². The van der Waals surface area contributed by atoms with E-state index >= 15 is 0 Å². The van der Waals surface area contributed by atoms with E-state index in [2.05, 4.69) is 5.32 Å². The first-order chi connectivity index (χ1) is 14.0. The Labute approximate surface area is 171 Å². The fourth-order valence-corrected chi connectivity index (χ4v) is 5.02. The molecule has 1 N–H and O–H groups in total. The number of anilines is 1. The molecule has 1 amide bonds. The van der Waals surface area contributed by atoms with Crippen LogP contribution < -0.4 is 10.1 Å². The number of benzene rings is 2. The molecule has 1 aliphatic heterocycles. The van der Waals surface area contributed by atoms with Crippen LogP contribution in [-0.2, 0) is 21.4 Å². The molecule has 1 saturated heterocycles. The van der Waals surface area contributed by atoms with Crippen LogP contribution in [0, 0.1) is 0 Å². The topological polar surface area (TPSA) is 84.9 Å². The molecule has 0 saturated carbocycles. The summed E-state index contributed by atoms with van der Waals surface area (Å²) in [5, 5.41) is 2.77. The number of amides is 1. The first-order valence-electron chi connectivity index (χ1n) is 9.53. The number of carbonyl (C=O) groups excluding carboxylic acids is 1. The van der Waals surface area contributed by atoms with E-state index in [0.717, 1.165) is 24.8 Å². The van der Waals surface area contributed by atoms with Crippen molar-refractivity contribution in [1.29, 1.82) is 0 Å². The van der Waals surface area contributed by atoms with Gasteiger partial charge in [-0.05, 0) is 48.7 Å². The number of carbonyl (C=O) groups is 1. The molecule has 156 valence electrons. The van der Waals surface area contributed by atoms with Crippen LogP contribution in [0.25, 0.3) is 0 Å². The van der Waals surface area contributed by atoms with Crippen LogP contribution in [0.4, 0.5) is 5.69 Å². The first-order valence-corrected chi connectivity index (χ1v) is 11.0. The largest absolute Gasteiger partial charge is 0.495 e. The van der Waals surface area contributed by atoms with Gasteiger partial charge < -0.3 is 14.8 Å². The monoisotopic (exact) mass is 418 g/mol. The zero-order valence-electron chi connectivity index (χ0n) is 16.7. The molecule has 0 unspecified atom stereocenters. The number of sulfonamides is 1. The average molecular weight is 419 g/mol. The van der Waals surface area contributed by atoms with Gasteiger partial charge in [0.1, 0.15) is 10.6 Å². The number of ether oxygens (including phenoxy) is 2. The lowest BCUT2D eigenvalue weighted by Gasteiger charge is -2.26. The predicted molar refractivity (Wildman–Crippen MR) is 111 cm³/mol. The Morgan fingerprint density at radius 2 is 1.72 bits per heavy atom. The van der Waals surface area contributed by atoms with Gasteiger partial charge in [-0.15, -0.1) is 0 Å². The third kappa shape index (κ3) is 4.95. The number of nitrogens with zero attached hydrogens (tertiary/aromatic N) is 1. The van der Waals surface area contributed by atoms with Crippen LogP contribution in [0.1, 0.15) is 35.2 Å². The van der Waals surface area contributed by atoms with E-state index in [0.29, 0.717) is 30.9 Å². The molecule has 29 heavy (non-hydrogen) atoms. The molecular weight excluding hydrogens is 392 g/mol. The summed E-state index contributed by atoms with van der Waals surface area (Å²) in [7, 11) is -0.651. The maximum absolute atomic E-state index is 13.1. The summed E-state index contributed by atoms with van der Waals surface area (Å²) in [6.45, 7) is 1.46. The number of hydrogen-bond donors (Lipinski definition) is 1. The maximum Gasteiger partial charge on any atom is 0.255 e. The van der Waals surface area contributed by atoms with Crippen molar-refractivity contribution in [2.24, 2.45) is 0 Å². The number of nitrogens with one attached hydrogen (secondary N) is 1. The Balaban J connectivity index is 1.83. The van der Waals surface area contributed by atoms with Gasteiger partial charge in [-0.3, -0.25) is 4.79 Å². The Morgan fingerprint density at radius 1 is 1.03 bits per heavy atom. The summed E-state index contributed by atoms with van der Waals surface area (Å²) < 4.78 is 38.0. The van der Waals surface area contributed by atoms with E-state index in [9.17, 15) is 13.2 Å². The molecule has 3 rings (SSSR count). The maximum atomic E-state index is 13.1. The highest BCUT2D eigenvalue weighted by Gasteiger charge is 2.29. The van der Waals surface area contributed by atoms with Crippen LogP contribution in [-0.4, -0.2) is 45.9 Å². The molecule has 0 bridgehead atoms. The fourth-order valence-electron chi connectivity index (χ4n) is 3.32. The molecule has 1 fully saturated rings. The third-order valence-corrected chi connectivity index (χ3v) is 6.80. The van der Waals surface area contributed by atoms with Crippen LogP contribution in [0.15, 0.2) is 47.4 Å². The van der Waals surface area contributed by atoms with Crippen molar-refractivity contribution in [2.45, 2.75) is 30.8 Å². The highest BCUT2D eigenvalue weighted by atomic mass is 32.2. The van der Waals surface area contributed by atoms with Crippen molar-refractivity contribution in [3.63, 3.8) is 0 Å². The quantitative estimate of drug-likeness (QED) is 0.746. The molecule has 0 atom stereocenters. The molecule has 1 aliphatic rings. The second kappa shape index (κ2) is 9.39. The van der Waals surface area contributed by atoms with Gasteiger partial charge in [0, 0.05) is 31.5 Å². The Morgan fingerprint density at radius 3 is 2.34 bits per heavy atom. The fraction of sp³-hybridized carbons (Fsp3) is 0.381. The summed E-state index contributed by atoms with van der Waals surface area (Å²) in [4.78, 5) is 12.6. The lowest BCUT2D eigenvalue weighted by molar-refractivity contribution is 0.102. The number of methoxy groups -OCH3 is 2. The zero-order chi connectivity index (χ0) is 20.9. The molecule has 7 nitrogen and oxygen atoms in total. The van der Waals surface area contributed by atoms with E-state index in [4.69, 9.17) is 9.47 Å². The predicted octanol–water partition coefficient (Wildman–Crippen LogP) is 3.27. The Hall–Kier alpha value is -2.42. The SMILES string of the molecule is COCc1ccc(C(=O)Nc2ccc(OC)c(S(=O)(=O)N3CCCCC3)c2)cc1.